The summed E-state index contributed by atoms with van der Waals surface area (Å²) in [4.78, 5) is 24.6. The average molecular weight is 452 g/mol. The summed E-state index contributed by atoms with van der Waals surface area (Å²) in [5, 5.41) is 5.49. The van der Waals surface area contributed by atoms with Gasteiger partial charge in [-0.3, -0.25) is 9.59 Å². The molecule has 10 heteroatoms. The monoisotopic (exact) mass is 451 g/mol. The summed E-state index contributed by atoms with van der Waals surface area (Å²) in [5.74, 6) is -0.373. The van der Waals surface area contributed by atoms with Crippen molar-refractivity contribution in [3.8, 4) is 5.75 Å². The third-order valence-corrected chi connectivity index (χ3v) is 7.07. The Morgan fingerprint density at radius 3 is 2.57 bits per heavy atom. The standard InChI is InChI=1S/C20H22ClN3O5S/c1-4-24(5-2)30(27,28)14-7-8-16(21)15(11-14)20(26)22-13-6-9-18-17(10-13)23-19(25)12(3)29-18/h6-12H,4-5H2,1-3H3,(H,22,26)(H,23,25)/t12-/m0/s1. The second-order valence-electron chi connectivity index (χ2n) is 6.65. The summed E-state index contributed by atoms with van der Waals surface area (Å²) in [6.45, 7) is 5.73. The molecule has 0 radical (unpaired) electrons. The topological polar surface area (TPSA) is 105 Å². The lowest BCUT2D eigenvalue weighted by molar-refractivity contribution is -0.122. The van der Waals surface area contributed by atoms with E-state index in [1.165, 1.54) is 22.5 Å². The quantitative estimate of drug-likeness (QED) is 0.700. The molecule has 1 heterocycles. The SMILES string of the molecule is CCN(CC)S(=O)(=O)c1ccc(Cl)c(C(=O)Nc2ccc3c(c2)NC(=O)[C@H](C)O3)c1. The summed E-state index contributed by atoms with van der Waals surface area (Å²) in [6.07, 6.45) is -0.604. The van der Waals surface area contributed by atoms with E-state index in [1.54, 1.807) is 39.0 Å². The maximum atomic E-state index is 12.8. The Bertz CT molecular complexity index is 1100. The molecule has 1 aliphatic heterocycles. The number of nitrogens with zero attached hydrogens (tertiary/aromatic N) is 1. The average Bonchev–Trinajstić information content (AvgIpc) is 2.70. The fourth-order valence-corrected chi connectivity index (χ4v) is 4.72. The van der Waals surface area contributed by atoms with Crippen LogP contribution in [0.25, 0.3) is 0 Å². The molecule has 30 heavy (non-hydrogen) atoms. The molecule has 0 bridgehead atoms. The van der Waals surface area contributed by atoms with Gasteiger partial charge >= 0.3 is 0 Å². The molecule has 0 spiro atoms. The van der Waals surface area contributed by atoms with Crippen molar-refractivity contribution in [3.05, 3.63) is 47.0 Å². The third-order valence-electron chi connectivity index (χ3n) is 4.69. The Balaban J connectivity index is 1.88. The molecule has 2 N–H and O–H groups in total. The predicted molar refractivity (Wildman–Crippen MR) is 115 cm³/mol. The summed E-state index contributed by atoms with van der Waals surface area (Å²) < 4.78 is 32.3. The predicted octanol–water partition coefficient (Wildman–Crippen LogP) is 3.34. The van der Waals surface area contributed by atoms with Gasteiger partial charge in [0.05, 0.1) is 21.2 Å². The van der Waals surface area contributed by atoms with Crippen LogP contribution >= 0.6 is 11.6 Å². The minimum atomic E-state index is -3.74. The first-order valence-electron chi connectivity index (χ1n) is 9.40. The van der Waals surface area contributed by atoms with Gasteiger partial charge < -0.3 is 15.4 Å². The van der Waals surface area contributed by atoms with Crippen molar-refractivity contribution in [2.75, 3.05) is 23.7 Å². The van der Waals surface area contributed by atoms with Crippen LogP contribution in [0, 0.1) is 0 Å². The third kappa shape index (κ3) is 4.28. The molecule has 2 aromatic rings. The maximum Gasteiger partial charge on any atom is 0.265 e. The Labute approximate surface area is 180 Å². The van der Waals surface area contributed by atoms with Crippen molar-refractivity contribution in [3.63, 3.8) is 0 Å². The molecular formula is C20H22ClN3O5S. The van der Waals surface area contributed by atoms with Gasteiger partial charge in [-0.15, -0.1) is 0 Å². The van der Waals surface area contributed by atoms with Crippen LogP contribution in [0.1, 0.15) is 31.1 Å². The van der Waals surface area contributed by atoms with Gasteiger partial charge in [-0.25, -0.2) is 8.42 Å². The fraction of sp³-hybridized carbons (Fsp3) is 0.300. The van der Waals surface area contributed by atoms with Crippen LogP contribution in [-0.2, 0) is 14.8 Å². The number of carbonyl (C=O) groups is 2. The van der Waals surface area contributed by atoms with E-state index in [1.807, 2.05) is 0 Å². The first kappa shape index (κ1) is 22.1. The van der Waals surface area contributed by atoms with Gasteiger partial charge in [0.15, 0.2) is 6.10 Å². The van der Waals surface area contributed by atoms with Crippen LogP contribution in [0.2, 0.25) is 5.02 Å². The number of ether oxygens (including phenoxy) is 1. The number of anilines is 2. The second kappa shape index (κ2) is 8.63. The van der Waals surface area contributed by atoms with Gasteiger partial charge in [0.25, 0.3) is 11.8 Å². The minimum absolute atomic E-state index is 0.0131. The number of halogens is 1. The van der Waals surface area contributed by atoms with E-state index in [0.717, 1.165) is 0 Å². The minimum Gasteiger partial charge on any atom is -0.479 e. The number of sulfonamides is 1. The number of hydrogen-bond acceptors (Lipinski definition) is 5. The Morgan fingerprint density at radius 2 is 1.90 bits per heavy atom. The van der Waals surface area contributed by atoms with Crippen LogP contribution in [-0.4, -0.2) is 43.7 Å². The van der Waals surface area contributed by atoms with E-state index < -0.39 is 22.0 Å². The van der Waals surface area contributed by atoms with Crippen LogP contribution in [0.3, 0.4) is 0 Å². The molecular weight excluding hydrogens is 430 g/mol. The molecule has 2 amide bonds. The van der Waals surface area contributed by atoms with Gasteiger partial charge in [0.1, 0.15) is 5.75 Å². The van der Waals surface area contributed by atoms with Crippen LogP contribution in [0.5, 0.6) is 5.75 Å². The Morgan fingerprint density at radius 1 is 1.20 bits per heavy atom. The highest BCUT2D eigenvalue weighted by Crippen LogP contribution is 2.32. The van der Waals surface area contributed by atoms with E-state index in [0.29, 0.717) is 30.2 Å². The van der Waals surface area contributed by atoms with Gasteiger partial charge in [0.2, 0.25) is 10.0 Å². The number of nitrogens with one attached hydrogen (secondary N) is 2. The lowest BCUT2D eigenvalue weighted by atomic mass is 10.2. The molecule has 0 aliphatic carbocycles. The summed E-state index contributed by atoms with van der Waals surface area (Å²) in [6, 6.07) is 8.82. The molecule has 8 nitrogen and oxygen atoms in total. The van der Waals surface area contributed by atoms with Crippen molar-refractivity contribution in [2.45, 2.75) is 31.8 Å². The smallest absolute Gasteiger partial charge is 0.265 e. The maximum absolute atomic E-state index is 12.8. The summed E-state index contributed by atoms with van der Waals surface area (Å²) in [7, 11) is -3.74. The zero-order chi connectivity index (χ0) is 22.1. The van der Waals surface area contributed by atoms with Crippen molar-refractivity contribution < 1.29 is 22.7 Å². The van der Waals surface area contributed by atoms with Crippen LogP contribution < -0.4 is 15.4 Å². The Hall–Kier alpha value is -2.62. The highest BCUT2D eigenvalue weighted by atomic mass is 35.5. The van der Waals surface area contributed by atoms with Gasteiger partial charge in [0, 0.05) is 18.8 Å². The van der Waals surface area contributed by atoms with Crippen molar-refractivity contribution in [1.82, 2.24) is 4.31 Å². The highest BCUT2D eigenvalue weighted by molar-refractivity contribution is 7.89. The van der Waals surface area contributed by atoms with E-state index >= 15 is 0 Å². The van der Waals surface area contributed by atoms with E-state index in [2.05, 4.69) is 10.6 Å². The van der Waals surface area contributed by atoms with Gasteiger partial charge in [-0.05, 0) is 43.3 Å². The van der Waals surface area contributed by atoms with E-state index in [4.69, 9.17) is 16.3 Å². The zero-order valence-electron chi connectivity index (χ0n) is 16.7. The molecule has 2 aromatic carbocycles. The number of fused-ring (bicyclic) bond motifs is 1. The molecule has 3 rings (SSSR count). The Kier molecular flexibility index (Phi) is 6.35. The molecule has 0 fully saturated rings. The normalized spacial score (nSPS) is 15.9. The number of benzene rings is 2. The first-order chi connectivity index (χ1) is 14.2. The molecule has 0 aromatic heterocycles. The zero-order valence-corrected chi connectivity index (χ0v) is 18.3. The highest BCUT2D eigenvalue weighted by Gasteiger charge is 2.25. The van der Waals surface area contributed by atoms with Crippen LogP contribution in [0.4, 0.5) is 11.4 Å². The molecule has 1 aliphatic rings. The van der Waals surface area contributed by atoms with E-state index in [9.17, 15) is 18.0 Å². The molecule has 160 valence electrons. The summed E-state index contributed by atoms with van der Waals surface area (Å²) in [5.41, 5.74) is 0.849. The molecule has 0 saturated heterocycles. The largest absolute Gasteiger partial charge is 0.479 e. The number of rotatable bonds is 6. The first-order valence-corrected chi connectivity index (χ1v) is 11.2. The number of amides is 2. The lowest BCUT2D eigenvalue weighted by Crippen LogP contribution is -2.34. The van der Waals surface area contributed by atoms with Gasteiger partial charge in [-0.2, -0.15) is 4.31 Å². The number of hydrogen-bond donors (Lipinski definition) is 2. The van der Waals surface area contributed by atoms with Crippen molar-refractivity contribution >= 4 is 44.8 Å². The number of carbonyl (C=O) groups excluding carboxylic acids is 2. The van der Waals surface area contributed by atoms with E-state index in [-0.39, 0.29) is 21.4 Å². The van der Waals surface area contributed by atoms with Crippen molar-refractivity contribution in [2.24, 2.45) is 0 Å². The second-order valence-corrected chi connectivity index (χ2v) is 8.99. The fourth-order valence-electron chi connectivity index (χ4n) is 3.04. The van der Waals surface area contributed by atoms with Crippen molar-refractivity contribution in [1.29, 1.82) is 0 Å². The molecule has 0 unspecified atom stereocenters. The molecule has 1 atom stereocenters. The van der Waals surface area contributed by atoms with Gasteiger partial charge in [-0.1, -0.05) is 25.4 Å². The van der Waals surface area contributed by atoms with Crippen LogP contribution in [0.15, 0.2) is 41.3 Å². The molecule has 0 saturated carbocycles. The lowest BCUT2D eigenvalue weighted by Gasteiger charge is -2.23. The summed E-state index contributed by atoms with van der Waals surface area (Å²) >= 11 is 6.16.